The minimum Gasteiger partial charge on any atom is -0.335 e. The Morgan fingerprint density at radius 1 is 1.19 bits per heavy atom. The molecule has 2 aromatic heterocycles. The Kier molecular flexibility index (Phi) is 5.25. The van der Waals surface area contributed by atoms with Gasteiger partial charge in [0.15, 0.2) is 0 Å². The summed E-state index contributed by atoms with van der Waals surface area (Å²) in [6, 6.07) is 7.56. The zero-order chi connectivity index (χ0) is 18.8. The standard InChI is InChI=1S/C21H25N3O2S/c1-2-5-18-10-16(14-27-18)20(25)24-12-15-7-8-17(24)13-23(11-15)21(26)19-6-3-4-9-22-19/h3-4,6,9-10,14-15,17H,2,5,7-8,11-13H2,1H3/t15-,17+/m0/s1. The van der Waals surface area contributed by atoms with Crippen molar-refractivity contribution in [1.82, 2.24) is 14.8 Å². The molecular weight excluding hydrogens is 358 g/mol. The molecule has 5 heterocycles. The molecule has 5 nitrogen and oxygen atoms in total. The maximum Gasteiger partial charge on any atom is 0.272 e. The van der Waals surface area contributed by atoms with E-state index in [0.29, 0.717) is 24.7 Å². The van der Waals surface area contributed by atoms with Gasteiger partial charge in [-0.3, -0.25) is 14.6 Å². The van der Waals surface area contributed by atoms with Crippen molar-refractivity contribution in [3.05, 3.63) is 52.0 Å². The van der Waals surface area contributed by atoms with Crippen molar-refractivity contribution in [2.45, 2.75) is 38.6 Å². The monoisotopic (exact) mass is 383 g/mol. The predicted molar refractivity (Wildman–Crippen MR) is 106 cm³/mol. The Labute approximate surface area is 164 Å². The first-order valence-electron chi connectivity index (χ1n) is 9.74. The van der Waals surface area contributed by atoms with Crippen LogP contribution in [-0.4, -0.2) is 52.3 Å². The number of fused-ring (bicyclic) bond motifs is 4. The Hall–Kier alpha value is -2.21. The second kappa shape index (κ2) is 7.80. The van der Waals surface area contributed by atoms with E-state index in [9.17, 15) is 9.59 Å². The fourth-order valence-electron chi connectivity index (χ4n) is 4.18. The molecule has 5 rings (SSSR count). The summed E-state index contributed by atoms with van der Waals surface area (Å²) in [5.41, 5.74) is 1.29. The summed E-state index contributed by atoms with van der Waals surface area (Å²) in [5, 5.41) is 1.99. The van der Waals surface area contributed by atoms with Gasteiger partial charge in [0.05, 0.1) is 5.56 Å². The highest BCUT2D eigenvalue weighted by molar-refractivity contribution is 7.10. The molecule has 0 aliphatic carbocycles. The van der Waals surface area contributed by atoms with Gasteiger partial charge in [0.25, 0.3) is 11.8 Å². The summed E-state index contributed by atoms with van der Waals surface area (Å²) in [6.07, 6.45) is 5.81. The number of rotatable bonds is 4. The van der Waals surface area contributed by atoms with Crippen LogP contribution in [0.25, 0.3) is 0 Å². The van der Waals surface area contributed by atoms with Gasteiger partial charge < -0.3 is 9.80 Å². The average Bonchev–Trinajstić information content (AvgIpc) is 2.97. The van der Waals surface area contributed by atoms with E-state index in [1.165, 1.54) is 4.88 Å². The first-order valence-corrected chi connectivity index (χ1v) is 10.6. The van der Waals surface area contributed by atoms with E-state index in [1.54, 1.807) is 23.6 Å². The lowest BCUT2D eigenvalue weighted by Gasteiger charge is -2.35. The van der Waals surface area contributed by atoms with Gasteiger partial charge in [-0.2, -0.15) is 0 Å². The van der Waals surface area contributed by atoms with Crippen molar-refractivity contribution in [2.24, 2.45) is 5.92 Å². The second-order valence-electron chi connectivity index (χ2n) is 7.53. The van der Waals surface area contributed by atoms with Crippen LogP contribution in [0.5, 0.6) is 0 Å². The van der Waals surface area contributed by atoms with E-state index in [0.717, 1.165) is 37.8 Å². The van der Waals surface area contributed by atoms with Crippen LogP contribution >= 0.6 is 11.3 Å². The largest absolute Gasteiger partial charge is 0.335 e. The molecule has 3 saturated heterocycles. The number of piperidine rings is 1. The van der Waals surface area contributed by atoms with Crippen LogP contribution in [-0.2, 0) is 6.42 Å². The van der Waals surface area contributed by atoms with Gasteiger partial charge in [-0.1, -0.05) is 19.4 Å². The number of carbonyl (C=O) groups is 2. The summed E-state index contributed by atoms with van der Waals surface area (Å²) in [4.78, 5) is 35.4. The van der Waals surface area contributed by atoms with Crippen LogP contribution in [0.2, 0.25) is 0 Å². The maximum absolute atomic E-state index is 13.1. The maximum atomic E-state index is 13.1. The Bertz CT molecular complexity index is 820. The number of pyridine rings is 1. The molecule has 0 saturated carbocycles. The number of nitrogens with zero attached hydrogens (tertiary/aromatic N) is 3. The number of carbonyl (C=O) groups excluding carboxylic acids is 2. The highest BCUT2D eigenvalue weighted by Gasteiger charge is 2.39. The third kappa shape index (κ3) is 3.76. The SMILES string of the molecule is CCCc1cc(C(=O)N2C[C@H]3CC[C@@H]2CN(C(=O)c2ccccn2)C3)cs1. The molecule has 0 N–H and O–H groups in total. The van der Waals surface area contributed by atoms with Gasteiger partial charge in [-0.25, -0.2) is 0 Å². The molecule has 27 heavy (non-hydrogen) atoms. The average molecular weight is 384 g/mol. The summed E-state index contributed by atoms with van der Waals surface area (Å²) >= 11 is 1.67. The highest BCUT2D eigenvalue weighted by atomic mass is 32.1. The predicted octanol–water partition coefficient (Wildman–Crippen LogP) is 3.47. The number of amides is 2. The fourth-order valence-corrected chi connectivity index (χ4v) is 5.15. The van der Waals surface area contributed by atoms with Crippen molar-refractivity contribution in [3.8, 4) is 0 Å². The van der Waals surface area contributed by atoms with Crippen molar-refractivity contribution in [3.63, 3.8) is 0 Å². The summed E-state index contributed by atoms with van der Waals surface area (Å²) in [7, 11) is 0. The number of thiophene rings is 1. The van der Waals surface area contributed by atoms with Crippen molar-refractivity contribution in [1.29, 1.82) is 0 Å². The lowest BCUT2D eigenvalue weighted by Crippen LogP contribution is -2.47. The quantitative estimate of drug-likeness (QED) is 0.812. The number of aryl methyl sites for hydroxylation is 1. The Morgan fingerprint density at radius 2 is 2.07 bits per heavy atom. The Balaban J connectivity index is 1.51. The number of aromatic nitrogens is 1. The second-order valence-corrected chi connectivity index (χ2v) is 8.53. The molecule has 0 spiro atoms. The van der Waals surface area contributed by atoms with Crippen LogP contribution in [0.3, 0.4) is 0 Å². The molecule has 2 amide bonds. The molecule has 3 fully saturated rings. The first-order chi connectivity index (χ1) is 13.2. The van der Waals surface area contributed by atoms with E-state index < -0.39 is 0 Å². The van der Waals surface area contributed by atoms with Crippen LogP contribution in [0, 0.1) is 5.92 Å². The fraction of sp³-hybridized carbons (Fsp3) is 0.476. The van der Waals surface area contributed by atoms with Crippen molar-refractivity contribution >= 4 is 23.2 Å². The molecule has 3 aliphatic heterocycles. The van der Waals surface area contributed by atoms with E-state index in [4.69, 9.17) is 0 Å². The van der Waals surface area contributed by atoms with Gasteiger partial charge in [0.1, 0.15) is 5.69 Å². The lowest BCUT2D eigenvalue weighted by atomic mass is 9.94. The topological polar surface area (TPSA) is 53.5 Å². The third-order valence-electron chi connectivity index (χ3n) is 5.54. The van der Waals surface area contributed by atoms with Crippen molar-refractivity contribution in [2.75, 3.05) is 19.6 Å². The molecule has 2 atom stereocenters. The van der Waals surface area contributed by atoms with Gasteiger partial charge in [0.2, 0.25) is 0 Å². The lowest BCUT2D eigenvalue weighted by molar-refractivity contribution is 0.0574. The highest BCUT2D eigenvalue weighted by Crippen LogP contribution is 2.30. The van der Waals surface area contributed by atoms with Crippen LogP contribution in [0.1, 0.15) is 51.9 Å². The molecule has 0 unspecified atom stereocenters. The molecule has 142 valence electrons. The van der Waals surface area contributed by atoms with Crippen molar-refractivity contribution < 1.29 is 9.59 Å². The minimum atomic E-state index is -0.0254. The van der Waals surface area contributed by atoms with E-state index >= 15 is 0 Å². The molecule has 0 aromatic carbocycles. The molecule has 2 aromatic rings. The van der Waals surface area contributed by atoms with Crippen LogP contribution < -0.4 is 0 Å². The zero-order valence-corrected chi connectivity index (χ0v) is 16.5. The number of hydrogen-bond donors (Lipinski definition) is 0. The van der Waals surface area contributed by atoms with E-state index in [1.807, 2.05) is 33.4 Å². The molecule has 6 heteroatoms. The smallest absolute Gasteiger partial charge is 0.272 e. The molecule has 2 bridgehead atoms. The minimum absolute atomic E-state index is 0.0254. The summed E-state index contributed by atoms with van der Waals surface area (Å²) in [6.45, 7) is 4.21. The zero-order valence-electron chi connectivity index (χ0n) is 15.6. The summed E-state index contributed by atoms with van der Waals surface area (Å²) in [5.74, 6) is 0.437. The van der Waals surface area contributed by atoms with E-state index in [-0.39, 0.29) is 17.9 Å². The molecular formula is C21H25N3O2S. The van der Waals surface area contributed by atoms with Gasteiger partial charge in [0, 0.05) is 42.1 Å². The molecule has 0 radical (unpaired) electrons. The van der Waals surface area contributed by atoms with Gasteiger partial charge in [-0.05, 0) is 43.4 Å². The van der Waals surface area contributed by atoms with Gasteiger partial charge >= 0.3 is 0 Å². The van der Waals surface area contributed by atoms with E-state index in [2.05, 4.69) is 11.9 Å². The molecule has 3 aliphatic rings. The third-order valence-corrected chi connectivity index (χ3v) is 6.54. The summed E-state index contributed by atoms with van der Waals surface area (Å²) < 4.78 is 0. The normalized spacial score (nSPS) is 22.0. The number of hydrogen-bond acceptors (Lipinski definition) is 4. The van der Waals surface area contributed by atoms with Gasteiger partial charge in [-0.15, -0.1) is 11.3 Å². The van der Waals surface area contributed by atoms with Crippen LogP contribution in [0.15, 0.2) is 35.8 Å². The first kappa shape index (κ1) is 18.2. The Morgan fingerprint density at radius 3 is 2.85 bits per heavy atom. The van der Waals surface area contributed by atoms with Crippen LogP contribution in [0.4, 0.5) is 0 Å².